The molecule has 0 heterocycles. The Kier molecular flexibility index (Phi) is 12.1. The standard InChI is InChI=1S/2C17H15.CH3.Al.2ClH.Zr/c2*1-13-11-15-9-5-6-10-16(17(15)12-13)14-7-3-2-4-8-14;;;;;/h2*2-12,16H,1H3;1H3;;2*1H;/q;;;;;;+2/p-2. The molecule has 2 aromatic carbocycles. The molecule has 4 atom stereocenters. The van der Waals surface area contributed by atoms with E-state index in [2.05, 4.69) is 152 Å². The van der Waals surface area contributed by atoms with Gasteiger partial charge in [0.05, 0.1) is 0 Å². The van der Waals surface area contributed by atoms with E-state index in [4.69, 9.17) is 0 Å². The maximum atomic E-state index is 2.51. The van der Waals surface area contributed by atoms with Gasteiger partial charge in [-0.2, -0.15) is 0 Å². The van der Waals surface area contributed by atoms with Gasteiger partial charge in [0.25, 0.3) is 0 Å². The van der Waals surface area contributed by atoms with Crippen molar-refractivity contribution in [2.45, 2.75) is 38.7 Å². The summed E-state index contributed by atoms with van der Waals surface area (Å²) in [5, 5.41) is 0. The van der Waals surface area contributed by atoms with Gasteiger partial charge in [-0.25, -0.2) is 0 Å². The van der Waals surface area contributed by atoms with Crippen LogP contribution >= 0.6 is 0 Å². The third-order valence-electron chi connectivity index (χ3n) is 7.67. The van der Waals surface area contributed by atoms with Gasteiger partial charge < -0.3 is 24.8 Å². The van der Waals surface area contributed by atoms with E-state index in [1.165, 1.54) is 22.3 Å². The number of rotatable bonds is 4. The Morgan fingerprint density at radius 2 is 0.923 bits per heavy atom. The summed E-state index contributed by atoms with van der Waals surface area (Å²) in [5.41, 5.74) is 12.1. The van der Waals surface area contributed by atoms with E-state index in [0.717, 1.165) is 0 Å². The van der Waals surface area contributed by atoms with Crippen molar-refractivity contribution in [3.8, 4) is 0 Å². The van der Waals surface area contributed by atoms with E-state index < -0.39 is 23.2 Å². The van der Waals surface area contributed by atoms with Gasteiger partial charge in [-0.3, -0.25) is 0 Å². The smallest absolute Gasteiger partial charge is 0.112 e. The average Bonchev–Trinajstić information content (AvgIpc) is 3.21. The summed E-state index contributed by atoms with van der Waals surface area (Å²) in [4.78, 5) is 0. The molecule has 0 amide bonds. The summed E-state index contributed by atoms with van der Waals surface area (Å²) < 4.78 is 1.24. The molecule has 0 nitrogen and oxygen atoms in total. The molecule has 0 fully saturated rings. The molecular formula is C35H33AlCl2Zr. The van der Waals surface area contributed by atoms with Crippen molar-refractivity contribution in [2.24, 2.45) is 0 Å². The minimum atomic E-state index is -0.874. The van der Waals surface area contributed by atoms with Crippen LogP contribution in [0.4, 0.5) is 0 Å². The molecule has 4 heteroatoms. The van der Waals surface area contributed by atoms with Gasteiger partial charge in [-0.15, -0.1) is 5.79 Å². The summed E-state index contributed by atoms with van der Waals surface area (Å²) in [6, 6.07) is 22.0. The second kappa shape index (κ2) is 14.8. The van der Waals surface area contributed by atoms with Crippen LogP contribution in [-0.2, 0) is 23.2 Å². The fourth-order valence-electron chi connectivity index (χ4n) is 5.96. The Labute approximate surface area is 267 Å². The molecule has 4 aliphatic rings. The Morgan fingerprint density at radius 3 is 1.31 bits per heavy atom. The van der Waals surface area contributed by atoms with Crippen molar-refractivity contribution < 1.29 is 48.0 Å². The fraction of sp³-hybridized carbons (Fsp3) is 0.200. The molecule has 0 saturated heterocycles. The summed E-state index contributed by atoms with van der Waals surface area (Å²) in [6.07, 6.45) is 23.6. The van der Waals surface area contributed by atoms with E-state index in [-0.39, 0.29) is 24.8 Å². The first-order valence-corrected chi connectivity index (χ1v) is 17.2. The first-order valence-electron chi connectivity index (χ1n) is 13.2. The van der Waals surface area contributed by atoms with Crippen LogP contribution in [-0.4, -0.2) is 16.3 Å². The molecule has 39 heavy (non-hydrogen) atoms. The zero-order chi connectivity index (χ0) is 25.8. The first kappa shape index (κ1) is 31.9. The maximum absolute atomic E-state index is 2.51. The molecule has 0 spiro atoms. The van der Waals surface area contributed by atoms with Gasteiger partial charge in [0.15, 0.2) is 0 Å². The van der Waals surface area contributed by atoms with Crippen LogP contribution in [0.25, 0.3) is 0 Å². The topological polar surface area (TPSA) is 0 Å². The van der Waals surface area contributed by atoms with Gasteiger partial charge in [0.2, 0.25) is 0 Å². The second-order valence-electron chi connectivity index (χ2n) is 9.90. The Bertz CT molecular complexity index is 1280. The van der Waals surface area contributed by atoms with Gasteiger partial charge in [-0.1, -0.05) is 0 Å². The van der Waals surface area contributed by atoms with E-state index in [1.54, 1.807) is 22.3 Å². The molecule has 0 aliphatic heterocycles. The predicted octanol–water partition coefficient (Wildman–Crippen LogP) is 3.19. The van der Waals surface area contributed by atoms with Crippen LogP contribution in [0.15, 0.2) is 155 Å². The van der Waals surface area contributed by atoms with Crippen molar-refractivity contribution in [2.75, 3.05) is 0 Å². The van der Waals surface area contributed by atoms with E-state index >= 15 is 0 Å². The summed E-state index contributed by atoms with van der Waals surface area (Å²) >= 11 is 1.54. The molecule has 0 bridgehead atoms. The van der Waals surface area contributed by atoms with E-state index in [1.807, 2.05) is 5.79 Å². The average molecular weight is 643 g/mol. The molecule has 6 rings (SSSR count). The monoisotopic (exact) mass is 640 g/mol. The predicted molar refractivity (Wildman–Crippen MR) is 156 cm³/mol. The minimum absolute atomic E-state index is 0. The number of hydrogen-bond acceptors (Lipinski definition) is 0. The summed E-state index contributed by atoms with van der Waals surface area (Å²) in [6.45, 7) is 4.75. The number of allylic oxidation sites excluding steroid dienone is 16. The normalized spacial score (nSPS) is 24.1. The molecule has 4 aliphatic carbocycles. The van der Waals surface area contributed by atoms with Gasteiger partial charge in [0, 0.05) is 0 Å². The van der Waals surface area contributed by atoms with Crippen molar-refractivity contribution in [3.05, 3.63) is 166 Å². The number of halogens is 2. The Morgan fingerprint density at radius 1 is 0.538 bits per heavy atom. The van der Waals surface area contributed by atoms with Crippen molar-refractivity contribution >= 4 is 16.3 Å². The SMILES string of the molecule is CC1=CC2=C(C=CC=CC2c2ccccc2)[CH]1[Zr+2][CH]1C(C)=CC2=C1C=CC=CC2c1ccccc1.[CH3][Al].[Cl-].[Cl-]. The summed E-state index contributed by atoms with van der Waals surface area (Å²) in [5.74, 6) is 2.61. The Hall–Kier alpha value is -1.64. The molecular weight excluding hydrogens is 609 g/mol. The van der Waals surface area contributed by atoms with Crippen LogP contribution < -0.4 is 24.8 Å². The molecule has 0 aromatic heterocycles. The van der Waals surface area contributed by atoms with E-state index in [0.29, 0.717) is 19.1 Å². The largest absolute Gasteiger partial charge is 1.00 e. The molecule has 194 valence electrons. The Balaban J connectivity index is 0.00000103. The number of hydrogen-bond donors (Lipinski definition) is 0. The van der Waals surface area contributed by atoms with Crippen LogP contribution in [0.5, 0.6) is 0 Å². The van der Waals surface area contributed by atoms with Gasteiger partial charge >= 0.3 is 222 Å². The first-order chi connectivity index (χ1) is 18.2. The zero-order valence-corrected chi connectivity index (χ0v) is 27.8. The fourth-order valence-corrected chi connectivity index (χ4v) is 10.7. The third kappa shape index (κ3) is 6.65. The van der Waals surface area contributed by atoms with Crippen molar-refractivity contribution in [1.82, 2.24) is 0 Å². The van der Waals surface area contributed by atoms with Crippen LogP contribution in [0.2, 0.25) is 13.0 Å². The van der Waals surface area contributed by atoms with Crippen molar-refractivity contribution in [3.63, 3.8) is 0 Å². The molecule has 4 unspecified atom stereocenters. The van der Waals surface area contributed by atoms with Crippen LogP contribution in [0, 0.1) is 0 Å². The van der Waals surface area contributed by atoms with Gasteiger partial charge in [-0.05, 0) is 0 Å². The minimum Gasteiger partial charge on any atom is -1.00 e. The second-order valence-corrected chi connectivity index (χ2v) is 13.6. The summed E-state index contributed by atoms with van der Waals surface area (Å²) in [7, 11) is 0. The molecule has 2 radical (unpaired) electrons. The molecule has 0 N–H and O–H groups in total. The van der Waals surface area contributed by atoms with Crippen LogP contribution in [0.1, 0.15) is 36.8 Å². The third-order valence-corrected chi connectivity index (χ3v) is 13.1. The van der Waals surface area contributed by atoms with E-state index in [9.17, 15) is 0 Å². The molecule has 0 saturated carbocycles. The van der Waals surface area contributed by atoms with Crippen molar-refractivity contribution in [1.29, 1.82) is 0 Å². The van der Waals surface area contributed by atoms with Gasteiger partial charge in [0.1, 0.15) is 16.3 Å². The van der Waals surface area contributed by atoms with Crippen LogP contribution in [0.3, 0.4) is 0 Å². The number of benzene rings is 2. The maximum Gasteiger partial charge on any atom is 0.112 e. The zero-order valence-electron chi connectivity index (χ0n) is 22.7. The molecule has 2 aromatic rings. The quantitative estimate of drug-likeness (QED) is 0.450.